The van der Waals surface area contributed by atoms with Gasteiger partial charge < -0.3 is 9.32 Å². The molecule has 4 rings (SSSR count). The zero-order valence-corrected chi connectivity index (χ0v) is 16.1. The van der Waals surface area contributed by atoms with Crippen LogP contribution in [0.25, 0.3) is 0 Å². The molecule has 1 saturated heterocycles. The van der Waals surface area contributed by atoms with Crippen LogP contribution in [-0.4, -0.2) is 55.5 Å². The van der Waals surface area contributed by atoms with Crippen LogP contribution in [0.1, 0.15) is 45.9 Å². The molecule has 3 heterocycles. The molecule has 1 aliphatic rings. The van der Waals surface area contributed by atoms with Gasteiger partial charge in [-0.25, -0.2) is 9.97 Å². The molecule has 1 unspecified atom stereocenters. The van der Waals surface area contributed by atoms with Crippen LogP contribution in [0, 0.1) is 13.8 Å². The summed E-state index contributed by atoms with van der Waals surface area (Å²) in [7, 11) is 0. The molecule has 28 heavy (non-hydrogen) atoms. The number of aromatic nitrogens is 4. The first-order chi connectivity index (χ1) is 13.6. The van der Waals surface area contributed by atoms with Gasteiger partial charge in [0.05, 0.1) is 11.7 Å². The van der Waals surface area contributed by atoms with Crippen LogP contribution in [0.2, 0.25) is 0 Å². The minimum absolute atomic E-state index is 0.0974. The number of nitrogens with one attached hydrogen (secondary N) is 1. The average Bonchev–Trinajstić information content (AvgIpc) is 3.26. The summed E-state index contributed by atoms with van der Waals surface area (Å²) in [6.07, 6.45) is 2.18. The van der Waals surface area contributed by atoms with Crippen molar-refractivity contribution >= 4 is 5.91 Å². The maximum atomic E-state index is 13.0. The zero-order chi connectivity index (χ0) is 19.5. The van der Waals surface area contributed by atoms with Crippen LogP contribution in [0.3, 0.4) is 0 Å². The normalized spacial score (nSPS) is 18.2. The van der Waals surface area contributed by atoms with E-state index >= 15 is 0 Å². The van der Waals surface area contributed by atoms with Crippen LogP contribution in [-0.2, 0) is 6.54 Å². The topological polar surface area (TPSA) is 91.2 Å². The maximum absolute atomic E-state index is 13.0. The standard InChI is InChI=1S/C20H24N6O2/c1-14-18(28-13-21-14)20(27)26-10-6-9-25(11-16-7-4-3-5-8-16)17(12-26)19-22-15(2)23-24-19/h3-5,7-8,13,17H,6,9-12H2,1-2H3,(H,22,23,24). The molecule has 8 nitrogen and oxygen atoms in total. The summed E-state index contributed by atoms with van der Waals surface area (Å²) >= 11 is 0. The number of hydrogen-bond acceptors (Lipinski definition) is 6. The van der Waals surface area contributed by atoms with Crippen LogP contribution >= 0.6 is 0 Å². The van der Waals surface area contributed by atoms with E-state index in [0.717, 1.165) is 25.3 Å². The second-order valence-corrected chi connectivity index (χ2v) is 7.12. The van der Waals surface area contributed by atoms with E-state index in [9.17, 15) is 4.79 Å². The van der Waals surface area contributed by atoms with Gasteiger partial charge in [-0.05, 0) is 25.8 Å². The van der Waals surface area contributed by atoms with E-state index < -0.39 is 0 Å². The second kappa shape index (κ2) is 7.93. The minimum Gasteiger partial charge on any atom is -0.438 e. The lowest BCUT2D eigenvalue weighted by atomic mass is 10.1. The van der Waals surface area contributed by atoms with Crippen LogP contribution in [0.4, 0.5) is 0 Å². The highest BCUT2D eigenvalue weighted by Gasteiger charge is 2.33. The summed E-state index contributed by atoms with van der Waals surface area (Å²) in [4.78, 5) is 25.8. The fraction of sp³-hybridized carbons (Fsp3) is 0.400. The predicted molar refractivity (Wildman–Crippen MR) is 102 cm³/mol. The third-order valence-electron chi connectivity index (χ3n) is 5.08. The molecule has 3 aromatic rings. The van der Waals surface area contributed by atoms with E-state index in [1.165, 1.54) is 12.0 Å². The van der Waals surface area contributed by atoms with Crippen molar-refractivity contribution in [1.82, 2.24) is 30.0 Å². The molecule has 0 aliphatic carbocycles. The van der Waals surface area contributed by atoms with Crippen molar-refractivity contribution in [1.29, 1.82) is 0 Å². The lowest BCUT2D eigenvalue weighted by molar-refractivity contribution is 0.0694. The first-order valence-electron chi connectivity index (χ1n) is 9.48. The van der Waals surface area contributed by atoms with Gasteiger partial charge in [0, 0.05) is 26.2 Å². The summed E-state index contributed by atoms with van der Waals surface area (Å²) in [5, 5.41) is 7.33. The van der Waals surface area contributed by atoms with Gasteiger partial charge in [-0.15, -0.1) is 0 Å². The van der Waals surface area contributed by atoms with Gasteiger partial charge in [-0.1, -0.05) is 30.3 Å². The van der Waals surface area contributed by atoms with Gasteiger partial charge in [0.1, 0.15) is 5.82 Å². The average molecular weight is 380 g/mol. The minimum atomic E-state index is -0.131. The summed E-state index contributed by atoms with van der Waals surface area (Å²) < 4.78 is 5.33. The number of nitrogens with zero attached hydrogens (tertiary/aromatic N) is 5. The van der Waals surface area contributed by atoms with E-state index in [1.807, 2.05) is 30.0 Å². The molecular weight excluding hydrogens is 356 g/mol. The Morgan fingerprint density at radius 1 is 1.25 bits per heavy atom. The second-order valence-electron chi connectivity index (χ2n) is 7.12. The Bertz CT molecular complexity index is 935. The van der Waals surface area contributed by atoms with Crippen molar-refractivity contribution in [3.63, 3.8) is 0 Å². The molecule has 0 radical (unpaired) electrons. The highest BCUT2D eigenvalue weighted by molar-refractivity contribution is 5.92. The first kappa shape index (κ1) is 18.4. The number of rotatable bonds is 4. The van der Waals surface area contributed by atoms with E-state index in [2.05, 4.69) is 37.2 Å². The monoisotopic (exact) mass is 380 g/mol. The van der Waals surface area contributed by atoms with Crippen molar-refractivity contribution in [3.8, 4) is 0 Å². The fourth-order valence-electron chi connectivity index (χ4n) is 3.63. The highest BCUT2D eigenvalue weighted by atomic mass is 16.3. The highest BCUT2D eigenvalue weighted by Crippen LogP contribution is 2.26. The molecule has 0 bridgehead atoms. The molecule has 8 heteroatoms. The van der Waals surface area contributed by atoms with Crippen molar-refractivity contribution in [2.24, 2.45) is 0 Å². The van der Waals surface area contributed by atoms with Crippen molar-refractivity contribution in [2.75, 3.05) is 19.6 Å². The molecule has 1 amide bonds. The number of oxazole rings is 1. The molecule has 1 aliphatic heterocycles. The van der Waals surface area contributed by atoms with E-state index in [4.69, 9.17) is 4.42 Å². The van der Waals surface area contributed by atoms with E-state index in [1.54, 1.807) is 6.92 Å². The lowest BCUT2D eigenvalue weighted by Crippen LogP contribution is -2.38. The molecule has 1 fully saturated rings. The number of amides is 1. The maximum Gasteiger partial charge on any atom is 0.291 e. The number of aromatic amines is 1. The van der Waals surface area contributed by atoms with Gasteiger partial charge in [0.15, 0.2) is 12.2 Å². The number of carbonyl (C=O) groups excluding carboxylic acids is 1. The number of H-pyrrole nitrogens is 1. The van der Waals surface area contributed by atoms with Crippen molar-refractivity contribution in [2.45, 2.75) is 32.9 Å². The van der Waals surface area contributed by atoms with Crippen LogP contribution in [0.15, 0.2) is 41.1 Å². The molecule has 0 saturated carbocycles. The van der Waals surface area contributed by atoms with Gasteiger partial charge in [-0.3, -0.25) is 14.8 Å². The lowest BCUT2D eigenvalue weighted by Gasteiger charge is -2.29. The first-order valence-corrected chi connectivity index (χ1v) is 9.48. The summed E-state index contributed by atoms with van der Waals surface area (Å²) in [6.45, 7) is 6.46. The molecule has 2 aromatic heterocycles. The molecule has 146 valence electrons. The van der Waals surface area contributed by atoms with E-state index in [0.29, 0.717) is 30.4 Å². The Kier molecular flexibility index (Phi) is 5.21. The van der Waals surface area contributed by atoms with E-state index in [-0.39, 0.29) is 11.9 Å². The molecule has 1 atom stereocenters. The Labute approximate surface area is 163 Å². The number of aryl methyl sites for hydroxylation is 2. The predicted octanol–water partition coefficient (Wildman–Crippen LogP) is 2.50. The summed E-state index contributed by atoms with van der Waals surface area (Å²) in [5.41, 5.74) is 1.84. The van der Waals surface area contributed by atoms with Gasteiger partial charge in [0.25, 0.3) is 5.91 Å². The Hall–Kier alpha value is -3.00. The quantitative estimate of drug-likeness (QED) is 0.748. The SMILES string of the molecule is Cc1nc(C2CN(C(=O)c3ocnc3C)CCCN2Cc2ccccc2)n[nH]1. The Morgan fingerprint density at radius 3 is 2.75 bits per heavy atom. The van der Waals surface area contributed by atoms with Crippen LogP contribution in [0.5, 0.6) is 0 Å². The number of benzene rings is 1. The summed E-state index contributed by atoms with van der Waals surface area (Å²) in [6, 6.07) is 10.2. The van der Waals surface area contributed by atoms with Crippen LogP contribution < -0.4 is 0 Å². The third-order valence-corrected chi connectivity index (χ3v) is 5.08. The zero-order valence-electron chi connectivity index (χ0n) is 16.1. The number of hydrogen-bond donors (Lipinski definition) is 1. The largest absolute Gasteiger partial charge is 0.438 e. The molecule has 1 N–H and O–H groups in total. The Balaban J connectivity index is 1.61. The van der Waals surface area contributed by atoms with Gasteiger partial charge in [-0.2, -0.15) is 5.10 Å². The number of carbonyl (C=O) groups is 1. The third kappa shape index (κ3) is 3.82. The molecule has 0 spiro atoms. The summed E-state index contributed by atoms with van der Waals surface area (Å²) in [5.74, 6) is 1.65. The Morgan fingerprint density at radius 2 is 2.07 bits per heavy atom. The van der Waals surface area contributed by atoms with Gasteiger partial charge >= 0.3 is 0 Å². The van der Waals surface area contributed by atoms with Crippen molar-refractivity contribution < 1.29 is 9.21 Å². The smallest absolute Gasteiger partial charge is 0.291 e. The molecule has 1 aromatic carbocycles. The fourth-order valence-corrected chi connectivity index (χ4v) is 3.63. The van der Waals surface area contributed by atoms with Gasteiger partial charge in [0.2, 0.25) is 5.76 Å². The van der Waals surface area contributed by atoms with Crippen molar-refractivity contribution in [3.05, 3.63) is 65.4 Å². The molecular formula is C20H24N6O2.